The Balaban J connectivity index is 2.16. The van der Waals surface area contributed by atoms with Gasteiger partial charge in [0, 0.05) is 17.7 Å². The molecule has 0 atom stereocenters. The highest BCUT2D eigenvalue weighted by molar-refractivity contribution is 6.67. The van der Waals surface area contributed by atoms with E-state index in [1.165, 1.54) is 48.5 Å². The van der Waals surface area contributed by atoms with E-state index in [1.54, 1.807) is 0 Å². The molecule has 0 amide bonds. The smallest absolute Gasteiger partial charge is 0.343 e. The van der Waals surface area contributed by atoms with Crippen molar-refractivity contribution in [2.45, 2.75) is 0 Å². The molecule has 106 valence electrons. The summed E-state index contributed by atoms with van der Waals surface area (Å²) in [6.45, 7) is 0. The minimum absolute atomic E-state index is 0.124. The summed E-state index contributed by atoms with van der Waals surface area (Å²) in [4.78, 5) is 32.8. The van der Waals surface area contributed by atoms with E-state index in [9.17, 15) is 19.7 Å². The van der Waals surface area contributed by atoms with Gasteiger partial charge >= 0.3 is 5.97 Å². The Bertz CT molecular complexity index is 712. The molecule has 0 aromatic heterocycles. The first kappa shape index (κ1) is 14.7. The van der Waals surface area contributed by atoms with Crippen LogP contribution in [0, 0.1) is 10.1 Å². The van der Waals surface area contributed by atoms with Gasteiger partial charge in [0.2, 0.25) is 0 Å². The largest absolute Gasteiger partial charge is 0.423 e. The summed E-state index contributed by atoms with van der Waals surface area (Å²) in [5.41, 5.74) is 0.232. The standard InChI is InChI=1S/C14H8ClNO5/c15-13(17)10-2-1-3-12(8-10)21-14(18)9-4-6-11(7-5-9)16(19)20/h1-8H. The lowest BCUT2D eigenvalue weighted by Gasteiger charge is -2.05. The van der Waals surface area contributed by atoms with Crippen LogP contribution >= 0.6 is 11.6 Å². The molecule has 2 rings (SSSR count). The number of nitro groups is 1. The van der Waals surface area contributed by atoms with Crippen molar-refractivity contribution in [3.8, 4) is 5.75 Å². The number of nitro benzene ring substituents is 1. The Labute approximate surface area is 124 Å². The number of hydrogen-bond donors (Lipinski definition) is 0. The fourth-order valence-corrected chi connectivity index (χ4v) is 1.68. The van der Waals surface area contributed by atoms with Crippen LogP contribution in [0.25, 0.3) is 0 Å². The lowest BCUT2D eigenvalue weighted by Crippen LogP contribution is -2.08. The van der Waals surface area contributed by atoms with Crippen LogP contribution in [-0.4, -0.2) is 16.1 Å². The van der Waals surface area contributed by atoms with Gasteiger partial charge in [0.15, 0.2) is 0 Å². The molecule has 0 aliphatic heterocycles. The molecule has 0 radical (unpaired) electrons. The average Bonchev–Trinajstić information content (AvgIpc) is 2.47. The normalized spacial score (nSPS) is 9.95. The Morgan fingerprint density at radius 2 is 1.71 bits per heavy atom. The molecule has 0 unspecified atom stereocenters. The zero-order valence-electron chi connectivity index (χ0n) is 10.5. The molecular formula is C14H8ClNO5. The second kappa shape index (κ2) is 6.15. The highest BCUT2D eigenvalue weighted by atomic mass is 35.5. The quantitative estimate of drug-likeness (QED) is 0.285. The van der Waals surface area contributed by atoms with Crippen LogP contribution in [0.2, 0.25) is 0 Å². The van der Waals surface area contributed by atoms with E-state index in [1.807, 2.05) is 0 Å². The van der Waals surface area contributed by atoms with Crippen molar-refractivity contribution in [1.82, 2.24) is 0 Å². The molecule has 21 heavy (non-hydrogen) atoms. The molecule has 0 aliphatic rings. The van der Waals surface area contributed by atoms with Gasteiger partial charge < -0.3 is 4.74 Å². The van der Waals surface area contributed by atoms with Gasteiger partial charge in [-0.05, 0) is 41.9 Å². The summed E-state index contributed by atoms with van der Waals surface area (Å²) in [6, 6.07) is 10.8. The number of benzene rings is 2. The number of nitrogens with zero attached hydrogens (tertiary/aromatic N) is 1. The third-order valence-corrected chi connectivity index (χ3v) is 2.80. The van der Waals surface area contributed by atoms with Gasteiger partial charge in [-0.25, -0.2) is 4.79 Å². The van der Waals surface area contributed by atoms with Gasteiger partial charge in [0.05, 0.1) is 10.5 Å². The Morgan fingerprint density at radius 3 is 2.29 bits per heavy atom. The second-order valence-corrected chi connectivity index (χ2v) is 4.34. The zero-order chi connectivity index (χ0) is 15.4. The molecule has 0 heterocycles. The molecule has 0 fully saturated rings. The number of esters is 1. The highest BCUT2D eigenvalue weighted by Crippen LogP contribution is 2.18. The van der Waals surface area contributed by atoms with Gasteiger partial charge in [-0.1, -0.05) is 6.07 Å². The number of rotatable bonds is 4. The Kier molecular flexibility index (Phi) is 4.30. The van der Waals surface area contributed by atoms with Crippen molar-refractivity contribution >= 4 is 28.5 Å². The van der Waals surface area contributed by atoms with E-state index < -0.39 is 16.1 Å². The van der Waals surface area contributed by atoms with Gasteiger partial charge in [0.1, 0.15) is 5.75 Å². The Hall–Kier alpha value is -2.73. The van der Waals surface area contributed by atoms with Crippen molar-refractivity contribution in [3.05, 3.63) is 69.8 Å². The molecule has 6 nitrogen and oxygen atoms in total. The molecule has 2 aromatic carbocycles. The molecule has 0 saturated carbocycles. The minimum Gasteiger partial charge on any atom is -0.423 e. The van der Waals surface area contributed by atoms with Crippen LogP contribution in [0.3, 0.4) is 0 Å². The topological polar surface area (TPSA) is 86.5 Å². The fourth-order valence-electron chi connectivity index (χ4n) is 1.57. The van der Waals surface area contributed by atoms with E-state index in [-0.39, 0.29) is 22.6 Å². The maximum Gasteiger partial charge on any atom is 0.343 e. The van der Waals surface area contributed by atoms with Gasteiger partial charge in [-0.3, -0.25) is 14.9 Å². The molecule has 7 heteroatoms. The average molecular weight is 306 g/mol. The first-order valence-electron chi connectivity index (χ1n) is 5.74. The van der Waals surface area contributed by atoms with Crippen molar-refractivity contribution in [1.29, 1.82) is 0 Å². The zero-order valence-corrected chi connectivity index (χ0v) is 11.2. The van der Waals surface area contributed by atoms with Crippen molar-refractivity contribution < 1.29 is 19.2 Å². The fraction of sp³-hybridized carbons (Fsp3) is 0. The van der Waals surface area contributed by atoms with Crippen LogP contribution in [0.1, 0.15) is 20.7 Å². The predicted molar refractivity (Wildman–Crippen MR) is 74.7 cm³/mol. The summed E-state index contributed by atoms with van der Waals surface area (Å²) >= 11 is 5.33. The summed E-state index contributed by atoms with van der Waals surface area (Å²) in [5, 5.41) is 9.86. The molecule has 0 saturated heterocycles. The third-order valence-electron chi connectivity index (χ3n) is 2.59. The highest BCUT2D eigenvalue weighted by Gasteiger charge is 2.12. The van der Waals surface area contributed by atoms with E-state index in [0.717, 1.165) is 0 Å². The summed E-state index contributed by atoms with van der Waals surface area (Å²) < 4.78 is 5.07. The van der Waals surface area contributed by atoms with Crippen LogP contribution in [-0.2, 0) is 0 Å². The number of halogens is 1. The summed E-state index contributed by atoms with van der Waals surface area (Å²) in [6.07, 6.45) is 0. The predicted octanol–water partition coefficient (Wildman–Crippen LogP) is 3.19. The first-order valence-corrected chi connectivity index (χ1v) is 6.11. The molecule has 2 aromatic rings. The van der Waals surface area contributed by atoms with Crippen LogP contribution in [0.4, 0.5) is 5.69 Å². The molecule has 0 spiro atoms. The van der Waals surface area contributed by atoms with Gasteiger partial charge in [0.25, 0.3) is 10.9 Å². The third kappa shape index (κ3) is 3.64. The second-order valence-electron chi connectivity index (χ2n) is 4.00. The number of non-ortho nitro benzene ring substituents is 1. The summed E-state index contributed by atoms with van der Waals surface area (Å²) in [5.74, 6) is -0.533. The van der Waals surface area contributed by atoms with Crippen molar-refractivity contribution in [3.63, 3.8) is 0 Å². The minimum atomic E-state index is -0.691. The molecule has 0 N–H and O–H groups in total. The number of carbonyl (C=O) groups is 2. The van der Waals surface area contributed by atoms with Crippen LogP contribution in [0.15, 0.2) is 48.5 Å². The number of carbonyl (C=O) groups excluding carboxylic acids is 2. The lowest BCUT2D eigenvalue weighted by atomic mass is 10.2. The van der Waals surface area contributed by atoms with E-state index in [2.05, 4.69) is 0 Å². The van der Waals surface area contributed by atoms with E-state index >= 15 is 0 Å². The lowest BCUT2D eigenvalue weighted by molar-refractivity contribution is -0.384. The number of ether oxygens (including phenoxy) is 1. The Morgan fingerprint density at radius 1 is 1.05 bits per heavy atom. The SMILES string of the molecule is O=C(Cl)c1cccc(OC(=O)c2ccc([N+](=O)[O-])cc2)c1. The first-order chi connectivity index (χ1) is 9.97. The number of hydrogen-bond acceptors (Lipinski definition) is 5. The molecular weight excluding hydrogens is 298 g/mol. The summed E-state index contributed by atoms with van der Waals surface area (Å²) in [7, 11) is 0. The maximum absolute atomic E-state index is 11.9. The van der Waals surface area contributed by atoms with Gasteiger partial charge in [-0.15, -0.1) is 0 Å². The van der Waals surface area contributed by atoms with Crippen LogP contribution in [0.5, 0.6) is 5.75 Å². The van der Waals surface area contributed by atoms with Crippen molar-refractivity contribution in [2.24, 2.45) is 0 Å². The van der Waals surface area contributed by atoms with Crippen molar-refractivity contribution in [2.75, 3.05) is 0 Å². The maximum atomic E-state index is 11.9. The molecule has 0 aliphatic carbocycles. The van der Waals surface area contributed by atoms with Crippen LogP contribution < -0.4 is 4.74 Å². The monoisotopic (exact) mass is 305 g/mol. The van der Waals surface area contributed by atoms with Gasteiger partial charge in [-0.2, -0.15) is 0 Å². The van der Waals surface area contributed by atoms with E-state index in [4.69, 9.17) is 16.3 Å². The molecule has 0 bridgehead atoms. The van der Waals surface area contributed by atoms with E-state index in [0.29, 0.717) is 0 Å².